The molecule has 1 aromatic carbocycles. The van der Waals surface area contributed by atoms with Crippen LogP contribution in [0.5, 0.6) is 0 Å². The minimum atomic E-state index is -2.56. The molecule has 2 amide bonds. The zero-order chi connectivity index (χ0) is 19.6. The minimum Gasteiger partial charge on any atom is -0.478 e. The molecule has 0 unspecified atom stereocenters. The molecule has 3 rings (SSSR count). The Labute approximate surface area is 161 Å². The number of carboxylic acid groups (broad SMARTS) is 1. The number of anilines is 1. The van der Waals surface area contributed by atoms with Gasteiger partial charge in [0.25, 0.3) is 5.76 Å². The molecule has 1 fully saturated rings. The number of thioether (sulfide) groups is 2. The fourth-order valence-electron chi connectivity index (χ4n) is 2.53. The Kier molecular flexibility index (Phi) is 5.76. The third-order valence-electron chi connectivity index (χ3n) is 3.68. The topological polar surface area (TPSA) is 87.6 Å². The van der Waals surface area contributed by atoms with Crippen molar-refractivity contribution in [1.29, 1.82) is 0 Å². The van der Waals surface area contributed by atoms with E-state index in [0.29, 0.717) is 16.7 Å². The highest BCUT2D eigenvalue weighted by Gasteiger charge is 2.40. The van der Waals surface area contributed by atoms with E-state index in [1.807, 2.05) is 0 Å². The molecule has 1 aromatic heterocycles. The second-order valence-electron chi connectivity index (χ2n) is 5.41. The van der Waals surface area contributed by atoms with Crippen LogP contribution in [0.25, 0.3) is 0 Å². The first-order valence-electron chi connectivity index (χ1n) is 7.63. The largest absolute Gasteiger partial charge is 0.478 e. The van der Waals surface area contributed by atoms with Gasteiger partial charge in [-0.3, -0.25) is 9.59 Å². The van der Waals surface area contributed by atoms with Crippen LogP contribution in [-0.2, 0) is 9.59 Å². The highest BCUT2D eigenvalue weighted by molar-refractivity contribution is 8.00. The summed E-state index contributed by atoms with van der Waals surface area (Å²) in [6, 6.07) is 8.52. The Bertz CT molecular complexity index is 893. The summed E-state index contributed by atoms with van der Waals surface area (Å²) in [5, 5.41) is 8.55. The second kappa shape index (κ2) is 8.05. The smallest absolute Gasteiger partial charge is 0.338 e. The summed E-state index contributed by atoms with van der Waals surface area (Å²) >= 11 is 1.29. The van der Waals surface area contributed by atoms with Crippen LogP contribution in [0.1, 0.15) is 16.8 Å². The molecule has 1 N–H and O–H groups in total. The van der Waals surface area contributed by atoms with Gasteiger partial charge in [0, 0.05) is 17.5 Å². The Balaban J connectivity index is 1.78. The molecular weight excluding hydrogens is 398 g/mol. The van der Waals surface area contributed by atoms with Crippen molar-refractivity contribution in [2.24, 2.45) is 0 Å². The van der Waals surface area contributed by atoms with Crippen LogP contribution < -0.4 is 4.90 Å². The van der Waals surface area contributed by atoms with E-state index in [9.17, 15) is 28.3 Å². The van der Waals surface area contributed by atoms with Crippen molar-refractivity contribution in [3.8, 4) is 0 Å². The zero-order valence-corrected chi connectivity index (χ0v) is 15.2. The van der Waals surface area contributed by atoms with Crippen molar-refractivity contribution in [2.45, 2.75) is 27.3 Å². The van der Waals surface area contributed by atoms with Crippen LogP contribution in [0, 0.1) is 0 Å². The van der Waals surface area contributed by atoms with Crippen molar-refractivity contribution in [3.63, 3.8) is 0 Å². The van der Waals surface area contributed by atoms with E-state index in [4.69, 9.17) is 0 Å². The van der Waals surface area contributed by atoms with Crippen molar-refractivity contribution < 1.29 is 28.3 Å². The van der Waals surface area contributed by atoms with Gasteiger partial charge in [0.15, 0.2) is 0 Å². The standard InChI is InChI=1S/C17H12F2N2O4S2/c18-17(19)26-10-5-3-9(4-6-10)21-13(22)8-12(15(21)23)27-14-11(16(24)25)2-1-7-20-14/h1-7,12,17H,8H2,(H,24,25)/t12-/m0/s1. The number of hydrogen-bond donors (Lipinski definition) is 1. The summed E-state index contributed by atoms with van der Waals surface area (Å²) in [5.41, 5.74) is 0.237. The molecule has 1 aliphatic heterocycles. The summed E-state index contributed by atoms with van der Waals surface area (Å²) in [6.07, 6.45) is 1.31. The van der Waals surface area contributed by atoms with Crippen LogP contribution in [0.2, 0.25) is 0 Å². The monoisotopic (exact) mass is 410 g/mol. The number of pyridine rings is 1. The molecule has 10 heteroatoms. The van der Waals surface area contributed by atoms with Crippen molar-refractivity contribution in [2.75, 3.05) is 4.90 Å². The molecule has 0 saturated carbocycles. The number of nitrogens with zero attached hydrogens (tertiary/aromatic N) is 2. The molecular formula is C17H12F2N2O4S2. The molecule has 0 spiro atoms. The van der Waals surface area contributed by atoms with Crippen molar-refractivity contribution >= 4 is 47.0 Å². The highest BCUT2D eigenvalue weighted by Crippen LogP contribution is 2.35. The number of imide groups is 1. The van der Waals surface area contributed by atoms with Gasteiger partial charge in [-0.05, 0) is 36.4 Å². The molecule has 1 aliphatic rings. The third kappa shape index (κ3) is 4.28. The van der Waals surface area contributed by atoms with Gasteiger partial charge in [-0.1, -0.05) is 23.5 Å². The van der Waals surface area contributed by atoms with Crippen LogP contribution in [0.15, 0.2) is 52.5 Å². The lowest BCUT2D eigenvalue weighted by Crippen LogP contribution is -2.31. The maximum Gasteiger partial charge on any atom is 0.338 e. The molecule has 1 atom stereocenters. The van der Waals surface area contributed by atoms with E-state index >= 15 is 0 Å². The summed E-state index contributed by atoms with van der Waals surface area (Å²) in [7, 11) is 0. The van der Waals surface area contributed by atoms with Gasteiger partial charge in [-0.25, -0.2) is 14.7 Å². The lowest BCUT2D eigenvalue weighted by Gasteiger charge is -2.15. The van der Waals surface area contributed by atoms with E-state index in [2.05, 4.69) is 4.98 Å². The first-order valence-corrected chi connectivity index (χ1v) is 9.39. The maximum absolute atomic E-state index is 12.6. The van der Waals surface area contributed by atoms with Gasteiger partial charge in [-0.15, -0.1) is 0 Å². The van der Waals surface area contributed by atoms with Gasteiger partial charge in [-0.2, -0.15) is 8.78 Å². The van der Waals surface area contributed by atoms with Gasteiger partial charge >= 0.3 is 5.97 Å². The lowest BCUT2D eigenvalue weighted by molar-refractivity contribution is -0.121. The average molecular weight is 410 g/mol. The average Bonchev–Trinajstić information content (AvgIpc) is 2.89. The number of aromatic nitrogens is 1. The quantitative estimate of drug-likeness (QED) is 0.576. The van der Waals surface area contributed by atoms with E-state index in [0.717, 1.165) is 16.7 Å². The molecule has 0 bridgehead atoms. The van der Waals surface area contributed by atoms with Crippen LogP contribution in [0.4, 0.5) is 14.5 Å². The maximum atomic E-state index is 12.6. The van der Waals surface area contributed by atoms with E-state index < -0.39 is 28.8 Å². The number of rotatable bonds is 6. The second-order valence-corrected chi connectivity index (χ2v) is 7.67. The Morgan fingerprint density at radius 1 is 1.22 bits per heavy atom. The van der Waals surface area contributed by atoms with Crippen molar-refractivity contribution in [1.82, 2.24) is 4.98 Å². The SMILES string of the molecule is O=C(O)c1cccnc1S[C@H]1CC(=O)N(c2ccc(SC(F)F)cc2)C1=O. The van der Waals surface area contributed by atoms with Gasteiger partial charge in [0.05, 0.1) is 16.5 Å². The predicted octanol–water partition coefficient (Wildman–Crippen LogP) is 3.52. The molecule has 140 valence electrons. The lowest BCUT2D eigenvalue weighted by atomic mass is 10.3. The van der Waals surface area contributed by atoms with Crippen LogP contribution in [0.3, 0.4) is 0 Å². The third-order valence-corrected chi connectivity index (χ3v) is 5.60. The number of carboxylic acids is 1. The van der Waals surface area contributed by atoms with Crippen LogP contribution in [-0.4, -0.2) is 38.9 Å². The molecule has 27 heavy (non-hydrogen) atoms. The number of carbonyl (C=O) groups excluding carboxylic acids is 2. The number of aromatic carboxylic acids is 1. The molecule has 0 aliphatic carbocycles. The molecule has 2 heterocycles. The van der Waals surface area contributed by atoms with Crippen molar-refractivity contribution in [3.05, 3.63) is 48.2 Å². The highest BCUT2D eigenvalue weighted by atomic mass is 32.2. The summed E-state index contributed by atoms with van der Waals surface area (Å²) in [6.45, 7) is 0. The first kappa shape index (κ1) is 19.3. The predicted molar refractivity (Wildman–Crippen MR) is 96.3 cm³/mol. The number of amides is 2. The number of benzene rings is 1. The normalized spacial score (nSPS) is 17.0. The molecule has 0 radical (unpaired) electrons. The Morgan fingerprint density at radius 3 is 2.56 bits per heavy atom. The Morgan fingerprint density at radius 2 is 1.93 bits per heavy atom. The summed E-state index contributed by atoms with van der Waals surface area (Å²) in [5.74, 6) is -4.68. The van der Waals surface area contributed by atoms with E-state index in [1.54, 1.807) is 0 Å². The van der Waals surface area contributed by atoms with Gasteiger partial charge in [0.1, 0.15) is 5.03 Å². The number of hydrogen-bond acceptors (Lipinski definition) is 6. The Hall–Kier alpha value is -2.46. The van der Waals surface area contributed by atoms with E-state index in [-0.39, 0.29) is 22.7 Å². The minimum absolute atomic E-state index is 0.0467. The fourth-order valence-corrected chi connectivity index (χ4v) is 4.13. The summed E-state index contributed by atoms with van der Waals surface area (Å²) < 4.78 is 24.8. The molecule has 1 saturated heterocycles. The molecule has 2 aromatic rings. The zero-order valence-electron chi connectivity index (χ0n) is 13.5. The summed E-state index contributed by atoms with van der Waals surface area (Å²) in [4.78, 5) is 41.5. The number of carbonyl (C=O) groups is 3. The number of halogens is 2. The molecule has 6 nitrogen and oxygen atoms in total. The number of alkyl halides is 2. The first-order chi connectivity index (χ1) is 12.9. The van der Waals surface area contributed by atoms with Crippen LogP contribution >= 0.6 is 23.5 Å². The fraction of sp³-hybridized carbons (Fsp3) is 0.176. The van der Waals surface area contributed by atoms with Gasteiger partial charge in [0.2, 0.25) is 11.8 Å². The van der Waals surface area contributed by atoms with Gasteiger partial charge < -0.3 is 5.11 Å². The van der Waals surface area contributed by atoms with E-state index in [1.165, 1.54) is 42.6 Å².